The number of carbonyl (C=O) groups excluding carboxylic acids is 1. The van der Waals surface area contributed by atoms with E-state index in [1.807, 2.05) is 6.92 Å². The van der Waals surface area contributed by atoms with Crippen molar-refractivity contribution in [2.75, 3.05) is 13.1 Å². The fourth-order valence-corrected chi connectivity index (χ4v) is 3.84. The van der Waals surface area contributed by atoms with Gasteiger partial charge in [0.2, 0.25) is 5.91 Å². The maximum Gasteiger partial charge on any atom is 0.225 e. The summed E-state index contributed by atoms with van der Waals surface area (Å²) in [5.41, 5.74) is 0. The first-order valence-corrected chi connectivity index (χ1v) is 7.84. The fraction of sp³-hybridized carbons (Fsp3) is 0.800. The maximum atomic E-state index is 12.6. The number of rotatable bonds is 3. The van der Waals surface area contributed by atoms with Crippen molar-refractivity contribution in [3.05, 3.63) is 11.6 Å². The Hall–Kier alpha value is -1.39. The monoisotopic (exact) mass is 276 g/mol. The van der Waals surface area contributed by atoms with Crippen molar-refractivity contribution in [2.45, 2.75) is 52.5 Å². The lowest BCUT2D eigenvalue weighted by Crippen LogP contribution is -2.34. The Morgan fingerprint density at radius 2 is 2.05 bits per heavy atom. The van der Waals surface area contributed by atoms with Gasteiger partial charge in [0.25, 0.3) is 0 Å². The van der Waals surface area contributed by atoms with Crippen LogP contribution in [0, 0.1) is 18.8 Å². The summed E-state index contributed by atoms with van der Waals surface area (Å²) in [6.45, 7) is 7.99. The van der Waals surface area contributed by atoms with E-state index in [0.717, 1.165) is 50.4 Å². The predicted molar refractivity (Wildman–Crippen MR) is 76.3 cm³/mol. The zero-order valence-electron chi connectivity index (χ0n) is 12.7. The SMILES string of the molecule is CCC(CC)C(=O)N1C[C@H]2CCc3nnc(C)n3[C@H]2C1. The third kappa shape index (κ3) is 2.03. The van der Waals surface area contributed by atoms with E-state index in [4.69, 9.17) is 0 Å². The van der Waals surface area contributed by atoms with Crippen molar-refractivity contribution < 1.29 is 4.79 Å². The number of hydrogen-bond donors (Lipinski definition) is 0. The second-order valence-electron chi connectivity index (χ2n) is 6.16. The van der Waals surface area contributed by atoms with E-state index in [-0.39, 0.29) is 5.92 Å². The van der Waals surface area contributed by atoms with Crippen molar-refractivity contribution in [2.24, 2.45) is 11.8 Å². The molecule has 2 aliphatic rings. The average Bonchev–Trinajstić information content (AvgIpc) is 3.03. The molecule has 1 amide bonds. The van der Waals surface area contributed by atoms with Gasteiger partial charge < -0.3 is 9.47 Å². The number of aromatic nitrogens is 3. The smallest absolute Gasteiger partial charge is 0.225 e. The molecule has 5 nitrogen and oxygen atoms in total. The van der Waals surface area contributed by atoms with E-state index in [1.165, 1.54) is 0 Å². The second-order valence-corrected chi connectivity index (χ2v) is 6.16. The number of fused-ring (bicyclic) bond motifs is 3. The van der Waals surface area contributed by atoms with Gasteiger partial charge in [0.1, 0.15) is 11.6 Å². The Balaban J connectivity index is 1.80. The maximum absolute atomic E-state index is 12.6. The van der Waals surface area contributed by atoms with Crippen LogP contribution < -0.4 is 0 Å². The van der Waals surface area contributed by atoms with Crippen LogP contribution in [-0.4, -0.2) is 38.7 Å². The minimum Gasteiger partial charge on any atom is -0.340 e. The van der Waals surface area contributed by atoms with Crippen molar-refractivity contribution >= 4 is 5.91 Å². The molecule has 0 bridgehead atoms. The summed E-state index contributed by atoms with van der Waals surface area (Å²) in [4.78, 5) is 14.7. The molecule has 0 spiro atoms. The van der Waals surface area contributed by atoms with E-state index in [9.17, 15) is 4.79 Å². The number of nitrogens with zero attached hydrogens (tertiary/aromatic N) is 4. The predicted octanol–water partition coefficient (Wildman–Crippen LogP) is 1.97. The molecule has 0 radical (unpaired) electrons. The van der Waals surface area contributed by atoms with Crippen molar-refractivity contribution in [3.63, 3.8) is 0 Å². The first-order chi connectivity index (χ1) is 9.65. The summed E-state index contributed by atoms with van der Waals surface area (Å²) < 4.78 is 2.27. The Bertz CT molecular complexity index is 506. The molecule has 1 aromatic heterocycles. The Morgan fingerprint density at radius 1 is 1.30 bits per heavy atom. The number of carbonyl (C=O) groups is 1. The van der Waals surface area contributed by atoms with Crippen molar-refractivity contribution in [1.29, 1.82) is 0 Å². The largest absolute Gasteiger partial charge is 0.340 e. The lowest BCUT2D eigenvalue weighted by molar-refractivity contribution is -0.134. The summed E-state index contributed by atoms with van der Waals surface area (Å²) in [6.07, 6.45) is 4.01. The van der Waals surface area contributed by atoms with Crippen LogP contribution in [-0.2, 0) is 11.2 Å². The quantitative estimate of drug-likeness (QED) is 0.848. The zero-order chi connectivity index (χ0) is 14.3. The Labute approximate surface area is 120 Å². The molecule has 3 rings (SSSR count). The van der Waals surface area contributed by atoms with Crippen LogP contribution in [0.5, 0.6) is 0 Å². The molecule has 1 fully saturated rings. The summed E-state index contributed by atoms with van der Waals surface area (Å²) in [6, 6.07) is 0.395. The highest BCUT2D eigenvalue weighted by molar-refractivity contribution is 5.79. The molecule has 0 unspecified atom stereocenters. The van der Waals surface area contributed by atoms with Crippen molar-refractivity contribution in [1.82, 2.24) is 19.7 Å². The number of likely N-dealkylation sites (tertiary alicyclic amines) is 1. The molecule has 2 atom stereocenters. The molecule has 1 saturated heterocycles. The molecule has 0 aromatic carbocycles. The number of aryl methyl sites for hydroxylation is 2. The van der Waals surface area contributed by atoms with E-state index in [2.05, 4.69) is 33.5 Å². The van der Waals surface area contributed by atoms with Crippen LogP contribution in [0.1, 0.15) is 50.8 Å². The van der Waals surface area contributed by atoms with E-state index in [1.54, 1.807) is 0 Å². The molecule has 0 N–H and O–H groups in total. The third-order valence-electron chi connectivity index (χ3n) is 5.06. The Morgan fingerprint density at radius 3 is 2.75 bits per heavy atom. The van der Waals surface area contributed by atoms with Gasteiger partial charge in [0, 0.05) is 25.4 Å². The summed E-state index contributed by atoms with van der Waals surface area (Å²) >= 11 is 0. The first kappa shape index (κ1) is 13.6. The summed E-state index contributed by atoms with van der Waals surface area (Å²) in [7, 11) is 0. The lowest BCUT2D eigenvalue weighted by atomic mass is 9.94. The van der Waals surface area contributed by atoms with Gasteiger partial charge in [-0.2, -0.15) is 0 Å². The van der Waals surface area contributed by atoms with Crippen LogP contribution in [0.4, 0.5) is 0 Å². The van der Waals surface area contributed by atoms with Crippen LogP contribution in [0.2, 0.25) is 0 Å². The zero-order valence-corrected chi connectivity index (χ0v) is 12.7. The van der Waals surface area contributed by atoms with Crippen LogP contribution >= 0.6 is 0 Å². The number of amides is 1. The van der Waals surface area contributed by atoms with E-state index >= 15 is 0 Å². The molecule has 2 aliphatic heterocycles. The fourth-order valence-electron chi connectivity index (χ4n) is 3.84. The molecule has 0 aliphatic carbocycles. The topological polar surface area (TPSA) is 51.0 Å². The highest BCUT2D eigenvalue weighted by Crippen LogP contribution is 2.37. The molecule has 110 valence electrons. The van der Waals surface area contributed by atoms with E-state index in [0.29, 0.717) is 17.9 Å². The highest BCUT2D eigenvalue weighted by Gasteiger charge is 2.41. The normalized spacial score (nSPS) is 24.9. The van der Waals surface area contributed by atoms with Gasteiger partial charge in [-0.1, -0.05) is 13.8 Å². The molecule has 20 heavy (non-hydrogen) atoms. The van der Waals surface area contributed by atoms with Gasteiger partial charge in [-0.3, -0.25) is 4.79 Å². The third-order valence-corrected chi connectivity index (χ3v) is 5.06. The van der Waals surface area contributed by atoms with Gasteiger partial charge in [-0.05, 0) is 32.1 Å². The van der Waals surface area contributed by atoms with Crippen LogP contribution in [0.15, 0.2) is 0 Å². The lowest BCUT2D eigenvalue weighted by Gasteiger charge is -2.26. The number of hydrogen-bond acceptors (Lipinski definition) is 3. The van der Waals surface area contributed by atoms with Crippen LogP contribution in [0.25, 0.3) is 0 Å². The molecule has 5 heteroatoms. The first-order valence-electron chi connectivity index (χ1n) is 7.84. The molecular formula is C15H24N4O. The highest BCUT2D eigenvalue weighted by atomic mass is 16.2. The summed E-state index contributed by atoms with van der Waals surface area (Å²) in [5.74, 6) is 3.20. The van der Waals surface area contributed by atoms with Gasteiger partial charge in [0.15, 0.2) is 0 Å². The molecule has 3 heterocycles. The van der Waals surface area contributed by atoms with Crippen LogP contribution in [0.3, 0.4) is 0 Å². The average molecular weight is 276 g/mol. The van der Waals surface area contributed by atoms with Crippen molar-refractivity contribution in [3.8, 4) is 0 Å². The van der Waals surface area contributed by atoms with Gasteiger partial charge in [0.05, 0.1) is 6.04 Å². The standard InChI is InChI=1S/C15H24N4O/c1-4-11(5-2)15(20)18-8-12-6-7-14-17-16-10(3)19(14)13(12)9-18/h11-13H,4-9H2,1-3H3/t12-,13+/m1/s1. The van der Waals surface area contributed by atoms with Gasteiger partial charge in [-0.15, -0.1) is 10.2 Å². The second kappa shape index (κ2) is 5.19. The minimum atomic E-state index is 0.191. The molecule has 0 saturated carbocycles. The van der Waals surface area contributed by atoms with E-state index < -0.39 is 0 Å². The Kier molecular flexibility index (Phi) is 3.52. The minimum absolute atomic E-state index is 0.191. The summed E-state index contributed by atoms with van der Waals surface area (Å²) in [5, 5.41) is 8.47. The van der Waals surface area contributed by atoms with Gasteiger partial charge >= 0.3 is 0 Å². The molecule has 1 aromatic rings. The van der Waals surface area contributed by atoms with Gasteiger partial charge in [-0.25, -0.2) is 0 Å². The molecular weight excluding hydrogens is 252 g/mol.